The molecule has 0 aliphatic carbocycles. The number of nitrogens with one attached hydrogen (secondary N) is 1. The molecule has 1 fully saturated rings. The van der Waals surface area contributed by atoms with Crippen molar-refractivity contribution in [1.82, 2.24) is 15.2 Å². The maximum absolute atomic E-state index is 12.7. The van der Waals surface area contributed by atoms with Crippen molar-refractivity contribution >= 4 is 16.8 Å². The van der Waals surface area contributed by atoms with Crippen molar-refractivity contribution in [3.63, 3.8) is 0 Å². The van der Waals surface area contributed by atoms with Crippen molar-refractivity contribution in [1.29, 1.82) is 0 Å². The van der Waals surface area contributed by atoms with Crippen molar-refractivity contribution in [3.05, 3.63) is 35.5 Å². The molecule has 0 saturated carbocycles. The number of hydrogen-bond acceptors (Lipinski definition) is 5. The average Bonchev–Trinajstić information content (AvgIpc) is 2.65. The second-order valence-electron chi connectivity index (χ2n) is 7.54. The highest BCUT2D eigenvalue weighted by Crippen LogP contribution is 2.22. The third kappa shape index (κ3) is 4.96. The van der Waals surface area contributed by atoms with E-state index in [4.69, 9.17) is 9.47 Å². The molecular weight excluding hydrogens is 342 g/mol. The summed E-state index contributed by atoms with van der Waals surface area (Å²) in [5.74, 6) is 1.26. The van der Waals surface area contributed by atoms with Crippen LogP contribution in [0, 0.1) is 12.8 Å². The fourth-order valence-corrected chi connectivity index (χ4v) is 3.50. The van der Waals surface area contributed by atoms with Crippen molar-refractivity contribution in [2.24, 2.45) is 5.92 Å². The van der Waals surface area contributed by atoms with Crippen LogP contribution in [0.4, 0.5) is 0 Å². The molecule has 1 aliphatic rings. The molecule has 1 N–H and O–H groups in total. The van der Waals surface area contributed by atoms with Crippen LogP contribution < -0.4 is 10.1 Å². The van der Waals surface area contributed by atoms with Crippen LogP contribution in [-0.2, 0) is 4.74 Å². The monoisotopic (exact) mass is 371 g/mol. The topological polar surface area (TPSA) is 63.7 Å². The number of benzene rings is 1. The molecule has 1 amide bonds. The molecule has 1 aliphatic heterocycles. The predicted molar refractivity (Wildman–Crippen MR) is 106 cm³/mol. The van der Waals surface area contributed by atoms with E-state index in [-0.39, 0.29) is 12.0 Å². The standard InChI is InChI=1S/C21H29N3O3/c1-14(2)12-24-7-8-27-18(13-24)11-22-21(25)19-10-16-9-17(26-4)5-6-20(16)23-15(19)3/h5-6,9-10,14,18H,7-8,11-13H2,1-4H3,(H,22,25). The Morgan fingerprint density at radius 2 is 2.22 bits per heavy atom. The number of carbonyl (C=O) groups excluding carboxylic acids is 1. The van der Waals surface area contributed by atoms with Crippen LogP contribution in [0.2, 0.25) is 0 Å². The molecule has 2 aromatic rings. The van der Waals surface area contributed by atoms with Gasteiger partial charge in [-0.3, -0.25) is 14.7 Å². The number of carbonyl (C=O) groups is 1. The zero-order valence-corrected chi connectivity index (χ0v) is 16.6. The van der Waals surface area contributed by atoms with Crippen molar-refractivity contribution in [3.8, 4) is 5.75 Å². The van der Waals surface area contributed by atoms with E-state index >= 15 is 0 Å². The van der Waals surface area contributed by atoms with Crippen LogP contribution in [0.5, 0.6) is 5.75 Å². The molecular formula is C21H29N3O3. The average molecular weight is 371 g/mol. The highest BCUT2D eigenvalue weighted by molar-refractivity contribution is 5.98. The predicted octanol–water partition coefficient (Wildman–Crippen LogP) is 2.64. The Labute approximate surface area is 160 Å². The fraction of sp³-hybridized carbons (Fsp3) is 0.524. The second kappa shape index (κ2) is 8.67. The molecule has 146 valence electrons. The number of ether oxygens (including phenoxy) is 2. The van der Waals surface area contributed by atoms with Gasteiger partial charge in [-0.05, 0) is 37.1 Å². The molecule has 2 heterocycles. The van der Waals surface area contributed by atoms with Gasteiger partial charge in [0.15, 0.2) is 0 Å². The number of amides is 1. The van der Waals surface area contributed by atoms with Crippen molar-refractivity contribution < 1.29 is 14.3 Å². The Morgan fingerprint density at radius 3 is 2.96 bits per heavy atom. The molecule has 1 saturated heterocycles. The zero-order chi connectivity index (χ0) is 19.4. The van der Waals surface area contributed by atoms with Gasteiger partial charge in [0, 0.05) is 31.6 Å². The lowest BCUT2D eigenvalue weighted by Gasteiger charge is -2.34. The van der Waals surface area contributed by atoms with E-state index in [2.05, 4.69) is 29.0 Å². The Bertz CT molecular complexity index is 807. The first-order valence-corrected chi connectivity index (χ1v) is 9.54. The number of pyridine rings is 1. The number of morpholine rings is 1. The summed E-state index contributed by atoms with van der Waals surface area (Å²) in [5, 5.41) is 3.91. The summed E-state index contributed by atoms with van der Waals surface area (Å²) in [6.07, 6.45) is 0.0234. The van der Waals surface area contributed by atoms with Gasteiger partial charge in [0.05, 0.1) is 36.6 Å². The normalized spacial score (nSPS) is 18.0. The molecule has 3 rings (SSSR count). The molecule has 6 heteroatoms. The van der Waals surface area contributed by atoms with Gasteiger partial charge in [0.2, 0.25) is 0 Å². The first kappa shape index (κ1) is 19.6. The van der Waals surface area contributed by atoms with Gasteiger partial charge in [-0.1, -0.05) is 13.8 Å². The summed E-state index contributed by atoms with van der Waals surface area (Å²) < 4.78 is 11.1. The van der Waals surface area contributed by atoms with Gasteiger partial charge in [0.25, 0.3) is 5.91 Å². The molecule has 1 atom stereocenters. The first-order chi connectivity index (χ1) is 13.0. The van der Waals surface area contributed by atoms with E-state index in [1.807, 2.05) is 31.2 Å². The number of rotatable bonds is 6. The lowest BCUT2D eigenvalue weighted by atomic mass is 10.1. The van der Waals surface area contributed by atoms with E-state index in [1.54, 1.807) is 7.11 Å². The Hall–Kier alpha value is -2.18. The second-order valence-corrected chi connectivity index (χ2v) is 7.54. The van der Waals surface area contributed by atoms with Crippen LogP contribution in [0.3, 0.4) is 0 Å². The fourth-order valence-electron chi connectivity index (χ4n) is 3.50. The van der Waals surface area contributed by atoms with Gasteiger partial charge >= 0.3 is 0 Å². The number of fused-ring (bicyclic) bond motifs is 1. The molecule has 27 heavy (non-hydrogen) atoms. The molecule has 0 spiro atoms. The zero-order valence-electron chi connectivity index (χ0n) is 16.6. The molecule has 0 radical (unpaired) electrons. The maximum atomic E-state index is 12.7. The van der Waals surface area contributed by atoms with Gasteiger partial charge in [0.1, 0.15) is 5.75 Å². The van der Waals surface area contributed by atoms with Crippen LogP contribution in [0.15, 0.2) is 24.3 Å². The first-order valence-electron chi connectivity index (χ1n) is 9.54. The lowest BCUT2D eigenvalue weighted by Crippen LogP contribution is -2.48. The van der Waals surface area contributed by atoms with Gasteiger partial charge in [-0.25, -0.2) is 0 Å². The molecule has 1 aromatic heterocycles. The number of nitrogens with zero attached hydrogens (tertiary/aromatic N) is 2. The lowest BCUT2D eigenvalue weighted by molar-refractivity contribution is -0.0295. The SMILES string of the molecule is COc1ccc2nc(C)c(C(=O)NCC3CN(CC(C)C)CCO3)cc2c1. The molecule has 1 aromatic carbocycles. The minimum Gasteiger partial charge on any atom is -0.497 e. The highest BCUT2D eigenvalue weighted by atomic mass is 16.5. The highest BCUT2D eigenvalue weighted by Gasteiger charge is 2.22. The number of hydrogen-bond donors (Lipinski definition) is 1. The van der Waals surface area contributed by atoms with Crippen molar-refractivity contribution in [2.45, 2.75) is 26.9 Å². The van der Waals surface area contributed by atoms with Gasteiger partial charge < -0.3 is 14.8 Å². The van der Waals surface area contributed by atoms with Crippen molar-refractivity contribution in [2.75, 3.05) is 39.9 Å². The van der Waals surface area contributed by atoms with Crippen LogP contribution in [-0.4, -0.2) is 61.8 Å². The Balaban J connectivity index is 1.66. The van der Waals surface area contributed by atoms with Crippen LogP contribution in [0.25, 0.3) is 10.9 Å². The third-order valence-electron chi connectivity index (χ3n) is 4.79. The molecule has 6 nitrogen and oxygen atoms in total. The largest absolute Gasteiger partial charge is 0.497 e. The number of aryl methyl sites for hydroxylation is 1. The van der Waals surface area contributed by atoms with Crippen LogP contribution in [0.1, 0.15) is 29.9 Å². The summed E-state index contributed by atoms with van der Waals surface area (Å²) >= 11 is 0. The van der Waals surface area contributed by atoms with E-state index in [9.17, 15) is 4.79 Å². The van der Waals surface area contributed by atoms with E-state index in [0.717, 1.165) is 42.0 Å². The minimum absolute atomic E-state index is 0.0234. The number of aromatic nitrogens is 1. The summed E-state index contributed by atoms with van der Waals surface area (Å²) in [5.41, 5.74) is 2.16. The maximum Gasteiger partial charge on any atom is 0.253 e. The van der Waals surface area contributed by atoms with E-state index in [1.165, 1.54) is 0 Å². The smallest absolute Gasteiger partial charge is 0.253 e. The van der Waals surface area contributed by atoms with Gasteiger partial charge in [-0.2, -0.15) is 0 Å². The van der Waals surface area contributed by atoms with E-state index < -0.39 is 0 Å². The van der Waals surface area contributed by atoms with Crippen LogP contribution >= 0.6 is 0 Å². The third-order valence-corrected chi connectivity index (χ3v) is 4.79. The summed E-state index contributed by atoms with van der Waals surface area (Å²) in [6, 6.07) is 7.55. The number of methoxy groups -OCH3 is 1. The van der Waals surface area contributed by atoms with Gasteiger partial charge in [-0.15, -0.1) is 0 Å². The molecule has 1 unspecified atom stereocenters. The molecule has 0 bridgehead atoms. The minimum atomic E-state index is -0.116. The van der Waals surface area contributed by atoms with E-state index in [0.29, 0.717) is 24.6 Å². The summed E-state index contributed by atoms with van der Waals surface area (Å²) in [4.78, 5) is 19.7. The quantitative estimate of drug-likeness (QED) is 0.846. The summed E-state index contributed by atoms with van der Waals surface area (Å²) in [6.45, 7) is 10.4. The Kier molecular flexibility index (Phi) is 6.29. The summed E-state index contributed by atoms with van der Waals surface area (Å²) in [7, 11) is 1.63. The Morgan fingerprint density at radius 1 is 1.41 bits per heavy atom.